The third-order valence-corrected chi connectivity index (χ3v) is 20.7. The Hall–Kier alpha value is -9.32. The maximum absolute atomic E-state index is 13.8. The van der Waals surface area contributed by atoms with Crippen LogP contribution in [0.1, 0.15) is 110 Å². The molecule has 2 aliphatic heterocycles. The van der Waals surface area contributed by atoms with Crippen molar-refractivity contribution >= 4 is 169 Å². The molecule has 2 saturated heterocycles. The molecule has 2 amide bonds. The zero-order valence-corrected chi connectivity index (χ0v) is 61.5. The minimum absolute atomic E-state index is 0.134. The van der Waals surface area contributed by atoms with Crippen LogP contribution in [0.4, 0.5) is 79.3 Å². The van der Waals surface area contributed by atoms with E-state index in [9.17, 15) is 45.1 Å². The lowest BCUT2D eigenvalue weighted by molar-refractivity contribution is -0.120. The minimum atomic E-state index is -4.49. The van der Waals surface area contributed by atoms with Gasteiger partial charge in [-0.15, -0.1) is 20.5 Å². The third-order valence-electron chi connectivity index (χ3n) is 16.3. The number of ketones is 2. The van der Waals surface area contributed by atoms with Crippen molar-refractivity contribution in [1.29, 1.82) is 0 Å². The molecule has 0 atom stereocenters. The zero-order chi connectivity index (χ0) is 72.5. The lowest BCUT2D eigenvalue weighted by Gasteiger charge is -2.27. The number of nitrogens with zero attached hydrogens (tertiary/aromatic N) is 13. The second-order valence-corrected chi connectivity index (χ2v) is 29.1. The molecule has 2 fully saturated rings. The van der Waals surface area contributed by atoms with Gasteiger partial charge in [-0.2, -0.15) is 41.8 Å². The highest BCUT2D eigenvalue weighted by Gasteiger charge is 2.27. The number of methoxy groups -OCH3 is 2. The first kappa shape index (κ1) is 75.9. The smallest absolute Gasteiger partial charge is 0.294 e. The molecule has 5 heterocycles. The van der Waals surface area contributed by atoms with Crippen LogP contribution in [-0.4, -0.2) is 147 Å². The molecule has 101 heavy (non-hydrogen) atoms. The van der Waals surface area contributed by atoms with Gasteiger partial charge in [-0.25, -0.2) is 0 Å². The van der Waals surface area contributed by atoms with E-state index < -0.39 is 43.6 Å². The van der Waals surface area contributed by atoms with Crippen molar-refractivity contribution in [2.24, 2.45) is 20.5 Å². The van der Waals surface area contributed by atoms with Crippen LogP contribution in [-0.2, 0) is 39.4 Å². The molecule has 7 aromatic rings. The molecule has 0 saturated carbocycles. The van der Waals surface area contributed by atoms with Crippen molar-refractivity contribution < 1.29 is 54.6 Å². The Morgan fingerprint density at radius 3 is 1.29 bits per heavy atom. The highest BCUT2D eigenvalue weighted by Crippen LogP contribution is 2.45. The number of Topliss-reactive ketones (excluding diaryl/α,β-unsaturated/α-hetero) is 2. The topological polar surface area (TPSA) is 370 Å². The quantitative estimate of drug-likeness (QED) is 0.00434. The van der Waals surface area contributed by atoms with Crippen LogP contribution in [0.25, 0.3) is 12.2 Å². The second kappa shape index (κ2) is 34.8. The lowest BCUT2D eigenvalue weighted by atomic mass is 10.1. The highest BCUT2D eigenvalue weighted by molar-refractivity contribution is 7.99. The van der Waals surface area contributed by atoms with Gasteiger partial charge in [0.1, 0.15) is 34.5 Å². The Kier molecular flexibility index (Phi) is 26.2. The molecule has 4 aromatic carbocycles. The molecule has 0 radical (unpaired) electrons. The zero-order valence-electron chi connectivity index (χ0n) is 57.4. The molecule has 2 aliphatic rings. The summed E-state index contributed by atoms with van der Waals surface area (Å²) in [6.45, 7) is 17.9. The number of carbonyl (C=O) groups is 4. The first-order valence-electron chi connectivity index (χ1n) is 32.9. The monoisotopic (exact) mass is 1480 g/mol. The predicted molar refractivity (Wildman–Crippen MR) is 397 cm³/mol. The van der Waals surface area contributed by atoms with E-state index in [4.69, 9.17) is 54.9 Å². The second-order valence-electron chi connectivity index (χ2n) is 23.1. The first-order valence-corrected chi connectivity index (χ1v) is 38.4. The number of benzene rings is 4. The standard InChI is InChI=1S/C67H81N17O12S5/c1-10-15-34-97-65-75-63(70-49-37-53(81(11-2)12-3)55(95-8)39-51(49)77-79-66-72-59(83-30-18-16-19-31-83)57(98-66)35-47(41(6)85)61(87)68-43-22-26-45(27-23-43)100(89,90)91)74-64(76-65)71-50-38-54(82(13-4)14-5)56(96-9)40-52(50)78-80-67-73-60(84-32-20-17-21-33-84)58(99-67)36-48(42(7)86)62(88)69-44-24-28-46(29-25-44)101(92,93)94/h22-29,35-40H,10-21,30-34H2,1-9H3,(H,68,87)(H,69,88)(H,89,90,91)(H,92,93,94)(H2,70,71,74,75,76). The molecule has 34 heteroatoms. The van der Waals surface area contributed by atoms with E-state index in [1.165, 1.54) is 62.0 Å². The Labute approximate surface area is 599 Å². The number of unbranched alkanes of at least 4 members (excludes halogenated alkanes) is 1. The van der Waals surface area contributed by atoms with E-state index in [1.807, 2.05) is 39.8 Å². The van der Waals surface area contributed by atoms with Crippen molar-refractivity contribution in [3.05, 3.63) is 93.7 Å². The van der Waals surface area contributed by atoms with Gasteiger partial charge in [0.05, 0.1) is 67.7 Å². The number of hydrogen-bond donors (Lipinski definition) is 6. The van der Waals surface area contributed by atoms with Crippen molar-refractivity contribution in [2.75, 3.05) is 113 Å². The Balaban J connectivity index is 1.10. The fourth-order valence-corrected chi connectivity index (χ4v) is 14.6. The molecule has 0 aliphatic carbocycles. The van der Waals surface area contributed by atoms with Crippen LogP contribution in [0.3, 0.4) is 0 Å². The van der Waals surface area contributed by atoms with Crippen molar-refractivity contribution in [3.8, 4) is 11.5 Å². The Bertz CT molecular complexity index is 4230. The number of hydrogen-bond acceptors (Lipinski definition) is 28. The number of amides is 2. The third kappa shape index (κ3) is 19.8. The van der Waals surface area contributed by atoms with Gasteiger partial charge in [-0.3, -0.25) is 28.3 Å². The fraction of sp³-hybridized carbons (Fsp3) is 0.388. The summed E-state index contributed by atoms with van der Waals surface area (Å²) in [6.07, 6.45) is 10.3. The molecular weight excluding hydrogens is 1400 g/mol. The van der Waals surface area contributed by atoms with E-state index in [1.54, 1.807) is 26.4 Å². The summed E-state index contributed by atoms with van der Waals surface area (Å²) in [4.78, 5) is 87.6. The summed E-state index contributed by atoms with van der Waals surface area (Å²) in [5, 5.41) is 32.0. The van der Waals surface area contributed by atoms with Crippen LogP contribution in [0.15, 0.2) is 119 Å². The number of thioether (sulfide) groups is 1. The maximum Gasteiger partial charge on any atom is 0.294 e. The SMILES string of the molecule is CCCCSc1nc(Nc2cc(N(CC)CC)c(OC)cc2N=Nc2nc(N3CCCCC3)c(C=C(C(C)=O)C(=O)Nc3ccc(S(=O)(=O)O)cc3)s2)nc(Nc2cc(N(CC)CC)c(OC)cc2N=Nc2nc(N3CCCCC3)c(C=C(C(C)=O)C(=O)Nc3ccc(S(=O)(=O)O)cc3)s2)n1. The van der Waals surface area contributed by atoms with Gasteiger partial charge in [0, 0.05) is 81.6 Å². The van der Waals surface area contributed by atoms with Gasteiger partial charge in [0.25, 0.3) is 32.1 Å². The molecule has 0 unspecified atom stereocenters. The number of ether oxygens (including phenoxy) is 2. The van der Waals surface area contributed by atoms with Crippen molar-refractivity contribution in [2.45, 2.75) is 115 Å². The van der Waals surface area contributed by atoms with Crippen LogP contribution in [0.5, 0.6) is 11.5 Å². The average Bonchev–Trinajstić information content (AvgIpc) is 1.76. The van der Waals surface area contributed by atoms with Gasteiger partial charge in [-0.05, 0) is 159 Å². The fourth-order valence-electron chi connectivity index (χ4n) is 11.0. The Morgan fingerprint density at radius 1 is 0.564 bits per heavy atom. The number of rotatable bonds is 32. The summed E-state index contributed by atoms with van der Waals surface area (Å²) >= 11 is 3.70. The molecule has 6 N–H and O–H groups in total. The van der Waals surface area contributed by atoms with Crippen LogP contribution < -0.4 is 50.3 Å². The molecular formula is C67H81N17O12S5. The van der Waals surface area contributed by atoms with Crippen molar-refractivity contribution in [1.82, 2.24) is 24.9 Å². The number of nitrogens with one attached hydrogen (secondary N) is 4. The van der Waals surface area contributed by atoms with E-state index >= 15 is 0 Å². The molecule has 29 nitrogen and oxygen atoms in total. The van der Waals surface area contributed by atoms with E-state index in [-0.39, 0.29) is 54.5 Å². The van der Waals surface area contributed by atoms with E-state index in [2.05, 4.69) is 47.8 Å². The number of azo groups is 2. The largest absolute Gasteiger partial charge is 0.494 e. The summed E-state index contributed by atoms with van der Waals surface area (Å²) in [5.41, 5.74) is 2.93. The molecule has 0 bridgehead atoms. The summed E-state index contributed by atoms with van der Waals surface area (Å²) < 4.78 is 77.8. The minimum Gasteiger partial charge on any atom is -0.494 e. The molecule has 0 spiro atoms. The van der Waals surface area contributed by atoms with E-state index in [0.29, 0.717) is 119 Å². The number of thiazole rings is 2. The van der Waals surface area contributed by atoms with Gasteiger partial charge < -0.3 is 50.3 Å². The maximum atomic E-state index is 13.8. The van der Waals surface area contributed by atoms with Crippen LogP contribution in [0, 0.1) is 0 Å². The highest BCUT2D eigenvalue weighted by atomic mass is 32.2. The van der Waals surface area contributed by atoms with Crippen LogP contribution in [0.2, 0.25) is 0 Å². The van der Waals surface area contributed by atoms with Crippen LogP contribution >= 0.6 is 34.4 Å². The van der Waals surface area contributed by atoms with Gasteiger partial charge in [0.15, 0.2) is 16.7 Å². The number of carbonyl (C=O) groups excluding carboxylic acids is 4. The summed E-state index contributed by atoms with van der Waals surface area (Å²) in [7, 11) is -5.85. The predicted octanol–water partition coefficient (Wildman–Crippen LogP) is 14.4. The number of piperidine rings is 2. The number of aromatic nitrogens is 5. The van der Waals surface area contributed by atoms with Crippen molar-refractivity contribution in [3.63, 3.8) is 0 Å². The van der Waals surface area contributed by atoms with Gasteiger partial charge in [0.2, 0.25) is 22.2 Å². The average molecular weight is 1480 g/mol. The number of anilines is 10. The first-order chi connectivity index (χ1) is 48.4. The summed E-state index contributed by atoms with van der Waals surface area (Å²) in [5.74, 6) is 0.387. The normalized spacial score (nSPS) is 13.9. The van der Waals surface area contributed by atoms with Gasteiger partial charge in [-0.1, -0.05) is 47.8 Å². The molecule has 9 rings (SSSR count). The molecule has 536 valence electrons. The summed E-state index contributed by atoms with van der Waals surface area (Å²) in [6, 6.07) is 17.0. The van der Waals surface area contributed by atoms with E-state index in [0.717, 1.165) is 110 Å². The Morgan fingerprint density at radius 2 is 0.950 bits per heavy atom. The van der Waals surface area contributed by atoms with Gasteiger partial charge >= 0.3 is 0 Å². The molecule has 3 aromatic heterocycles. The lowest BCUT2D eigenvalue weighted by Crippen LogP contribution is -2.30.